The lowest BCUT2D eigenvalue weighted by Crippen LogP contribution is -2.27. The molecule has 29 heavy (non-hydrogen) atoms. The Labute approximate surface area is 173 Å². The first kappa shape index (κ1) is 19.2. The van der Waals surface area contributed by atoms with Crippen LogP contribution >= 0.6 is 11.6 Å². The van der Waals surface area contributed by atoms with Crippen molar-refractivity contribution in [2.45, 2.75) is 12.8 Å². The molecule has 2 heterocycles. The van der Waals surface area contributed by atoms with Gasteiger partial charge >= 0.3 is 0 Å². The van der Waals surface area contributed by atoms with Gasteiger partial charge in [0, 0.05) is 35.9 Å². The lowest BCUT2D eigenvalue weighted by molar-refractivity contribution is -0.118. The van der Waals surface area contributed by atoms with Gasteiger partial charge in [-0.25, -0.2) is 0 Å². The molecule has 3 aromatic rings. The number of amides is 2. The number of hydrogen-bond donors (Lipinski definition) is 1. The van der Waals surface area contributed by atoms with Gasteiger partial charge in [0.2, 0.25) is 0 Å². The summed E-state index contributed by atoms with van der Waals surface area (Å²) in [6.45, 7) is 1.39. The molecule has 4 rings (SSSR count). The summed E-state index contributed by atoms with van der Waals surface area (Å²) in [7, 11) is 0. The number of rotatable bonds is 5. The number of carbonyl (C=O) groups excluding carboxylic acids is 2. The van der Waals surface area contributed by atoms with Crippen LogP contribution in [0.25, 0.3) is 10.9 Å². The van der Waals surface area contributed by atoms with E-state index < -0.39 is 0 Å². The van der Waals surface area contributed by atoms with Gasteiger partial charge in [0.05, 0.1) is 5.02 Å². The molecule has 0 spiro atoms. The van der Waals surface area contributed by atoms with Crippen LogP contribution in [0.3, 0.4) is 0 Å². The highest BCUT2D eigenvalue weighted by atomic mass is 35.5. The molecule has 0 saturated carbocycles. The first-order valence-corrected chi connectivity index (χ1v) is 9.85. The molecular formula is C22H20ClN3O3. The van der Waals surface area contributed by atoms with Crippen LogP contribution < -0.4 is 10.1 Å². The average molecular weight is 410 g/mol. The second kappa shape index (κ2) is 8.49. The number of halogens is 1. The molecule has 1 fully saturated rings. The van der Waals surface area contributed by atoms with Crippen LogP contribution in [-0.2, 0) is 4.79 Å². The number of likely N-dealkylation sites (tertiary alicyclic amines) is 1. The summed E-state index contributed by atoms with van der Waals surface area (Å²) < 4.78 is 5.66. The first-order valence-electron chi connectivity index (χ1n) is 9.47. The van der Waals surface area contributed by atoms with Gasteiger partial charge in [-0.05, 0) is 55.3 Å². The number of fused-ring (bicyclic) bond motifs is 1. The summed E-state index contributed by atoms with van der Waals surface area (Å²) in [6, 6.07) is 14.0. The minimum absolute atomic E-state index is 0.00597. The first-order chi connectivity index (χ1) is 14.1. The number of anilines is 1. The van der Waals surface area contributed by atoms with Crippen LogP contribution in [0.5, 0.6) is 5.75 Å². The van der Waals surface area contributed by atoms with E-state index >= 15 is 0 Å². The largest absolute Gasteiger partial charge is 0.481 e. The lowest BCUT2D eigenvalue weighted by atomic mass is 10.1. The van der Waals surface area contributed by atoms with Gasteiger partial charge < -0.3 is 15.0 Å². The van der Waals surface area contributed by atoms with Gasteiger partial charge in [0.15, 0.2) is 6.61 Å². The summed E-state index contributed by atoms with van der Waals surface area (Å²) in [6.07, 6.45) is 3.72. The van der Waals surface area contributed by atoms with Gasteiger partial charge in [-0.2, -0.15) is 0 Å². The minimum atomic E-state index is -0.324. The highest BCUT2D eigenvalue weighted by Crippen LogP contribution is 2.29. The van der Waals surface area contributed by atoms with E-state index in [0.717, 1.165) is 31.3 Å². The molecule has 2 aromatic carbocycles. The Morgan fingerprint density at radius 1 is 1.10 bits per heavy atom. The maximum Gasteiger partial charge on any atom is 0.262 e. The van der Waals surface area contributed by atoms with Crippen LogP contribution in [0.15, 0.2) is 54.7 Å². The van der Waals surface area contributed by atoms with Crippen LogP contribution in [0.1, 0.15) is 23.2 Å². The van der Waals surface area contributed by atoms with E-state index in [-0.39, 0.29) is 18.4 Å². The van der Waals surface area contributed by atoms with Gasteiger partial charge in [-0.1, -0.05) is 17.7 Å². The molecule has 1 aliphatic rings. The van der Waals surface area contributed by atoms with Crippen molar-refractivity contribution in [2.75, 3.05) is 25.0 Å². The molecule has 2 amide bonds. The number of aromatic nitrogens is 1. The number of ether oxygens (including phenoxy) is 1. The third-order valence-corrected chi connectivity index (χ3v) is 5.15. The fourth-order valence-electron chi connectivity index (χ4n) is 3.40. The minimum Gasteiger partial charge on any atom is -0.481 e. The molecule has 0 bridgehead atoms. The molecule has 0 unspecified atom stereocenters. The van der Waals surface area contributed by atoms with Crippen molar-refractivity contribution in [3.8, 4) is 5.75 Å². The van der Waals surface area contributed by atoms with Crippen molar-refractivity contribution >= 4 is 40.0 Å². The van der Waals surface area contributed by atoms with Crippen molar-refractivity contribution in [3.63, 3.8) is 0 Å². The average Bonchev–Trinajstić information content (AvgIpc) is 3.28. The summed E-state index contributed by atoms with van der Waals surface area (Å²) in [5, 5.41) is 4.11. The quantitative estimate of drug-likeness (QED) is 0.687. The van der Waals surface area contributed by atoms with E-state index in [9.17, 15) is 9.59 Å². The second-order valence-electron chi connectivity index (χ2n) is 6.86. The molecule has 0 aliphatic carbocycles. The summed E-state index contributed by atoms with van der Waals surface area (Å²) >= 11 is 6.18. The number of hydrogen-bond acceptors (Lipinski definition) is 4. The number of nitrogens with zero attached hydrogens (tertiary/aromatic N) is 2. The van der Waals surface area contributed by atoms with E-state index in [1.54, 1.807) is 48.7 Å². The van der Waals surface area contributed by atoms with E-state index in [1.165, 1.54) is 0 Å². The third kappa shape index (κ3) is 4.32. The molecule has 1 aliphatic heterocycles. The lowest BCUT2D eigenvalue weighted by Gasteiger charge is -2.16. The van der Waals surface area contributed by atoms with Crippen molar-refractivity contribution in [1.82, 2.24) is 9.88 Å². The molecule has 1 saturated heterocycles. The zero-order valence-corrected chi connectivity index (χ0v) is 16.5. The second-order valence-corrected chi connectivity index (χ2v) is 7.27. The smallest absolute Gasteiger partial charge is 0.262 e. The van der Waals surface area contributed by atoms with E-state index in [4.69, 9.17) is 16.3 Å². The third-order valence-electron chi connectivity index (χ3n) is 4.82. The number of benzene rings is 2. The van der Waals surface area contributed by atoms with Gasteiger partial charge in [0.25, 0.3) is 11.8 Å². The maximum atomic E-state index is 12.5. The highest BCUT2D eigenvalue weighted by Gasteiger charge is 2.19. The fraction of sp³-hybridized carbons (Fsp3) is 0.227. The maximum absolute atomic E-state index is 12.5. The van der Waals surface area contributed by atoms with E-state index in [1.807, 2.05) is 11.0 Å². The molecule has 7 heteroatoms. The SMILES string of the molecule is O=C(COc1ccc(Cl)c2cccnc12)Nc1cccc(C(=O)N2CCCC2)c1. The summed E-state index contributed by atoms with van der Waals surface area (Å²) in [5.74, 6) is 0.154. The predicted octanol–water partition coefficient (Wildman–Crippen LogP) is 4.14. The van der Waals surface area contributed by atoms with Crippen LogP contribution in [0, 0.1) is 0 Å². The Morgan fingerprint density at radius 2 is 1.93 bits per heavy atom. The van der Waals surface area contributed by atoms with Crippen molar-refractivity contribution in [1.29, 1.82) is 0 Å². The van der Waals surface area contributed by atoms with Crippen molar-refractivity contribution in [2.24, 2.45) is 0 Å². The topological polar surface area (TPSA) is 71.5 Å². The van der Waals surface area contributed by atoms with E-state index in [0.29, 0.717) is 27.5 Å². The molecule has 0 atom stereocenters. The van der Waals surface area contributed by atoms with Crippen LogP contribution in [0.2, 0.25) is 5.02 Å². The zero-order chi connectivity index (χ0) is 20.2. The standard InChI is InChI=1S/C22H20ClN3O3/c23-18-8-9-19(21-17(18)7-4-10-24-21)29-14-20(27)25-16-6-3-5-15(13-16)22(28)26-11-1-2-12-26/h3-10,13H,1-2,11-12,14H2,(H,25,27). The Bertz CT molecular complexity index is 1060. The molecule has 1 N–H and O–H groups in total. The van der Waals surface area contributed by atoms with Crippen molar-refractivity contribution in [3.05, 3.63) is 65.3 Å². The predicted molar refractivity (Wildman–Crippen MR) is 112 cm³/mol. The normalized spacial score (nSPS) is 13.5. The Hall–Kier alpha value is -3.12. The summed E-state index contributed by atoms with van der Waals surface area (Å²) in [5.41, 5.74) is 1.73. The van der Waals surface area contributed by atoms with Crippen LogP contribution in [0.4, 0.5) is 5.69 Å². The Balaban J connectivity index is 1.41. The van der Waals surface area contributed by atoms with Gasteiger partial charge in [-0.15, -0.1) is 0 Å². The fourth-order valence-corrected chi connectivity index (χ4v) is 3.62. The highest BCUT2D eigenvalue weighted by molar-refractivity contribution is 6.35. The molecule has 1 aromatic heterocycles. The monoisotopic (exact) mass is 409 g/mol. The van der Waals surface area contributed by atoms with Gasteiger partial charge in [-0.3, -0.25) is 14.6 Å². The molecule has 0 radical (unpaired) electrons. The zero-order valence-electron chi connectivity index (χ0n) is 15.7. The number of carbonyl (C=O) groups is 2. The number of pyridine rings is 1. The molecule has 148 valence electrons. The van der Waals surface area contributed by atoms with Crippen LogP contribution in [-0.4, -0.2) is 41.4 Å². The summed E-state index contributed by atoms with van der Waals surface area (Å²) in [4.78, 5) is 31.0. The van der Waals surface area contributed by atoms with E-state index in [2.05, 4.69) is 10.3 Å². The Kier molecular flexibility index (Phi) is 5.62. The van der Waals surface area contributed by atoms with Gasteiger partial charge in [0.1, 0.15) is 11.3 Å². The molecule has 6 nitrogen and oxygen atoms in total. The number of nitrogens with one attached hydrogen (secondary N) is 1. The van der Waals surface area contributed by atoms with Crippen molar-refractivity contribution < 1.29 is 14.3 Å². The Morgan fingerprint density at radius 3 is 2.76 bits per heavy atom. The molecular weight excluding hydrogens is 390 g/mol.